The average Bonchev–Trinajstić information content (AvgIpc) is 2.72. The molecule has 5 heterocycles. The van der Waals surface area contributed by atoms with E-state index in [1.165, 1.54) is 5.56 Å². The summed E-state index contributed by atoms with van der Waals surface area (Å²) in [4.78, 5) is 25.0. The molecule has 3 nitrogen and oxygen atoms in total. The topological polar surface area (TPSA) is 43.4 Å². The monoisotopic (exact) mass is 356 g/mol. The summed E-state index contributed by atoms with van der Waals surface area (Å²) in [6, 6.07) is 22.1. The van der Waals surface area contributed by atoms with Gasteiger partial charge in [0.2, 0.25) is 0 Å². The lowest BCUT2D eigenvalue weighted by atomic mass is 9.99. The molecule has 0 aliphatic carbocycles. The molecular formula is C24H20O3. The van der Waals surface area contributed by atoms with Crippen molar-refractivity contribution in [2.24, 2.45) is 0 Å². The summed E-state index contributed by atoms with van der Waals surface area (Å²) in [5.41, 5.74) is 3.07. The van der Waals surface area contributed by atoms with E-state index in [2.05, 4.69) is 12.1 Å². The Kier molecular flexibility index (Phi) is 4.84. The molecule has 0 atom stereocenters. The molecule has 3 aromatic rings. The maximum absolute atomic E-state index is 12.7. The largest absolute Gasteiger partial charge is 0.457 e. The number of hydrogen-bond acceptors (Lipinski definition) is 3. The van der Waals surface area contributed by atoms with Crippen LogP contribution >= 0.6 is 0 Å². The maximum Gasteiger partial charge on any atom is 0.193 e. The molecule has 5 aliphatic heterocycles. The van der Waals surface area contributed by atoms with Crippen LogP contribution in [0.2, 0.25) is 0 Å². The van der Waals surface area contributed by atoms with Gasteiger partial charge in [-0.2, -0.15) is 0 Å². The minimum Gasteiger partial charge on any atom is -0.457 e. The fourth-order valence-electron chi connectivity index (χ4n) is 3.27. The Morgan fingerprint density at radius 1 is 0.556 bits per heavy atom. The molecule has 0 N–H and O–H groups in total. The molecule has 6 bridgehead atoms. The zero-order valence-electron chi connectivity index (χ0n) is 15.0. The standard InChI is InChI=1S/C24H20O3/c25-23-4-2-1-3-17-5-13-21(14-6-17)27-22-15-11-20(12-16-22)24(26)19-9-7-18(23)8-10-19/h5-16H,1-4H2. The Morgan fingerprint density at radius 3 is 1.67 bits per heavy atom. The van der Waals surface area contributed by atoms with Crippen molar-refractivity contribution >= 4 is 11.6 Å². The Hall–Kier alpha value is -3.20. The van der Waals surface area contributed by atoms with Crippen LogP contribution in [0.25, 0.3) is 0 Å². The van der Waals surface area contributed by atoms with E-state index in [-0.39, 0.29) is 11.6 Å². The van der Waals surface area contributed by atoms with Crippen LogP contribution < -0.4 is 4.74 Å². The SMILES string of the molecule is O=C1CCCCc2ccc(cc2)Oc2ccc(cc2)C(=O)c2ccc1cc2. The number of hydrogen-bond donors (Lipinski definition) is 0. The first-order valence-electron chi connectivity index (χ1n) is 9.24. The number of fused-ring (bicyclic) bond motifs is 1. The van der Waals surface area contributed by atoms with Gasteiger partial charge in [-0.25, -0.2) is 0 Å². The van der Waals surface area contributed by atoms with Gasteiger partial charge in [0.15, 0.2) is 11.6 Å². The highest BCUT2D eigenvalue weighted by atomic mass is 16.5. The minimum absolute atomic E-state index is 0.0668. The summed E-state index contributed by atoms with van der Waals surface area (Å²) >= 11 is 0. The van der Waals surface area contributed by atoms with Crippen LogP contribution in [-0.4, -0.2) is 11.6 Å². The molecule has 27 heavy (non-hydrogen) atoms. The lowest BCUT2D eigenvalue weighted by Crippen LogP contribution is -2.03. The van der Waals surface area contributed by atoms with Gasteiger partial charge >= 0.3 is 0 Å². The van der Waals surface area contributed by atoms with E-state index in [0.717, 1.165) is 25.0 Å². The van der Waals surface area contributed by atoms with Gasteiger partial charge in [-0.15, -0.1) is 0 Å². The molecule has 0 amide bonds. The second-order valence-corrected chi connectivity index (χ2v) is 6.81. The van der Waals surface area contributed by atoms with Crippen LogP contribution in [-0.2, 0) is 6.42 Å². The number of carbonyl (C=O) groups is 2. The van der Waals surface area contributed by atoms with Crippen LogP contribution in [0.3, 0.4) is 0 Å². The van der Waals surface area contributed by atoms with Gasteiger partial charge < -0.3 is 4.74 Å². The first kappa shape index (κ1) is 17.2. The van der Waals surface area contributed by atoms with Crippen molar-refractivity contribution < 1.29 is 14.3 Å². The molecule has 0 unspecified atom stereocenters. The van der Waals surface area contributed by atoms with Crippen LogP contribution in [0, 0.1) is 0 Å². The highest BCUT2D eigenvalue weighted by Gasteiger charge is 2.12. The smallest absolute Gasteiger partial charge is 0.193 e. The number of ether oxygens (including phenoxy) is 1. The van der Waals surface area contributed by atoms with Gasteiger partial charge in [0.1, 0.15) is 11.5 Å². The molecular weight excluding hydrogens is 336 g/mol. The number of carbonyl (C=O) groups excluding carboxylic acids is 2. The van der Waals surface area contributed by atoms with Gasteiger partial charge in [0.25, 0.3) is 0 Å². The highest BCUT2D eigenvalue weighted by molar-refractivity contribution is 6.09. The van der Waals surface area contributed by atoms with E-state index < -0.39 is 0 Å². The van der Waals surface area contributed by atoms with Crippen molar-refractivity contribution in [1.82, 2.24) is 0 Å². The molecule has 0 saturated carbocycles. The second-order valence-electron chi connectivity index (χ2n) is 6.81. The highest BCUT2D eigenvalue weighted by Crippen LogP contribution is 2.24. The first-order chi connectivity index (χ1) is 13.2. The molecule has 3 aromatic carbocycles. The van der Waals surface area contributed by atoms with Crippen LogP contribution in [0.15, 0.2) is 72.8 Å². The number of Topliss-reactive ketones (excluding diaryl/α,β-unsaturated/α-hetero) is 1. The van der Waals surface area contributed by atoms with Crippen LogP contribution in [0.4, 0.5) is 0 Å². The van der Waals surface area contributed by atoms with Crippen molar-refractivity contribution in [2.45, 2.75) is 25.7 Å². The summed E-state index contributed by atoms with van der Waals surface area (Å²) in [7, 11) is 0. The van der Waals surface area contributed by atoms with E-state index in [1.807, 2.05) is 12.1 Å². The third-order valence-corrected chi connectivity index (χ3v) is 4.86. The molecule has 0 fully saturated rings. The van der Waals surface area contributed by atoms with Crippen molar-refractivity contribution in [3.63, 3.8) is 0 Å². The van der Waals surface area contributed by atoms with Gasteiger partial charge in [0.05, 0.1) is 0 Å². The minimum atomic E-state index is -0.0668. The van der Waals surface area contributed by atoms with Gasteiger partial charge in [0, 0.05) is 23.1 Å². The summed E-state index contributed by atoms with van der Waals surface area (Å²) in [6.45, 7) is 0. The summed E-state index contributed by atoms with van der Waals surface area (Å²) < 4.78 is 5.87. The summed E-state index contributed by atoms with van der Waals surface area (Å²) in [6.07, 6.45) is 3.27. The van der Waals surface area contributed by atoms with E-state index in [4.69, 9.17) is 4.74 Å². The molecule has 0 saturated heterocycles. The second kappa shape index (κ2) is 7.58. The van der Waals surface area contributed by atoms with Gasteiger partial charge in [-0.1, -0.05) is 36.4 Å². The van der Waals surface area contributed by atoms with Crippen molar-refractivity contribution in [1.29, 1.82) is 0 Å². The molecule has 0 aromatic heterocycles. The average molecular weight is 356 g/mol. The molecule has 3 heteroatoms. The van der Waals surface area contributed by atoms with Crippen molar-refractivity contribution in [3.05, 3.63) is 95.1 Å². The van der Waals surface area contributed by atoms with Gasteiger partial charge in [-0.3, -0.25) is 9.59 Å². The Morgan fingerprint density at radius 2 is 1.04 bits per heavy atom. The van der Waals surface area contributed by atoms with E-state index >= 15 is 0 Å². The zero-order chi connectivity index (χ0) is 18.6. The third-order valence-electron chi connectivity index (χ3n) is 4.86. The van der Waals surface area contributed by atoms with E-state index in [1.54, 1.807) is 48.5 Å². The predicted octanol–water partition coefficient (Wildman–Crippen LogP) is 5.62. The lowest BCUT2D eigenvalue weighted by molar-refractivity contribution is 0.0977. The molecule has 134 valence electrons. The summed E-state index contributed by atoms with van der Waals surface area (Å²) in [5.74, 6) is 1.52. The van der Waals surface area contributed by atoms with Gasteiger partial charge in [-0.05, 0) is 61.2 Å². The number of benzene rings is 3. The normalized spacial score (nSPS) is 14.5. The Bertz CT molecular complexity index is 952. The molecule has 8 rings (SSSR count). The zero-order valence-corrected chi connectivity index (χ0v) is 15.0. The predicted molar refractivity (Wildman–Crippen MR) is 105 cm³/mol. The lowest BCUT2D eigenvalue weighted by Gasteiger charge is -2.08. The van der Waals surface area contributed by atoms with Crippen LogP contribution in [0.5, 0.6) is 11.5 Å². The van der Waals surface area contributed by atoms with E-state index in [9.17, 15) is 9.59 Å². The fourth-order valence-corrected chi connectivity index (χ4v) is 3.27. The van der Waals surface area contributed by atoms with Crippen molar-refractivity contribution in [2.75, 3.05) is 0 Å². The summed E-state index contributed by atoms with van der Waals surface area (Å²) in [5, 5.41) is 0. The maximum atomic E-state index is 12.7. The van der Waals surface area contributed by atoms with E-state index in [0.29, 0.717) is 28.9 Å². The molecule has 5 aliphatic rings. The Balaban J connectivity index is 1.66. The number of aryl methyl sites for hydroxylation is 1. The molecule has 0 spiro atoms. The first-order valence-corrected chi connectivity index (χ1v) is 9.24. The Labute approximate surface area is 158 Å². The quantitative estimate of drug-likeness (QED) is 0.525. The molecule has 0 radical (unpaired) electrons. The number of ketones is 2. The van der Waals surface area contributed by atoms with Crippen molar-refractivity contribution in [3.8, 4) is 11.5 Å². The third kappa shape index (κ3) is 3.98. The fraction of sp³-hybridized carbons (Fsp3) is 0.167. The van der Waals surface area contributed by atoms with Crippen LogP contribution in [0.1, 0.15) is 51.1 Å². The number of rotatable bonds is 0.